The summed E-state index contributed by atoms with van der Waals surface area (Å²) in [6.45, 7) is -1.38. The predicted octanol–water partition coefficient (Wildman–Crippen LogP) is 6.37. The van der Waals surface area contributed by atoms with E-state index in [0.717, 1.165) is 10.6 Å². The summed E-state index contributed by atoms with van der Waals surface area (Å²) in [4.78, 5) is 17.2. The Bertz CT molecular complexity index is 2300. The van der Waals surface area contributed by atoms with E-state index in [-0.39, 0.29) is 63.4 Å². The summed E-state index contributed by atoms with van der Waals surface area (Å²) in [7, 11) is -2.69. The average Bonchev–Trinajstić information content (AvgIpc) is 3.65. The van der Waals surface area contributed by atoms with Gasteiger partial charge in [0, 0.05) is 29.9 Å². The van der Waals surface area contributed by atoms with Crippen molar-refractivity contribution in [3.63, 3.8) is 0 Å². The molecule has 6 rings (SSSR count). The van der Waals surface area contributed by atoms with Crippen LogP contribution >= 0.6 is 0 Å². The minimum atomic E-state index is -4.12. The second-order valence-electron chi connectivity index (χ2n) is 11.4. The number of alkyl halides is 1. The minimum Gasteiger partial charge on any atom is -0.496 e. The Morgan fingerprint density at radius 1 is 1.02 bits per heavy atom. The van der Waals surface area contributed by atoms with Crippen molar-refractivity contribution < 1.29 is 45.1 Å². The Morgan fingerprint density at radius 3 is 2.43 bits per heavy atom. The molecule has 3 N–H and O–H groups in total. The Hall–Kier alpha value is -5.34. The van der Waals surface area contributed by atoms with E-state index in [0.29, 0.717) is 22.4 Å². The molecule has 6 aromatic rings. The quantitative estimate of drug-likeness (QED) is 0.150. The number of furan rings is 1. The Labute approximate surface area is 278 Å². The van der Waals surface area contributed by atoms with Gasteiger partial charge in [-0.2, -0.15) is 0 Å². The average molecular weight is 694 g/mol. The zero-order valence-electron chi connectivity index (χ0n) is 26.2. The van der Waals surface area contributed by atoms with E-state index in [1.54, 1.807) is 24.3 Å². The number of aliphatic hydroxyl groups is 1. The second kappa shape index (κ2) is 13.3. The molecule has 0 radical (unpaired) electrons. The van der Waals surface area contributed by atoms with E-state index >= 15 is 0 Å². The minimum absolute atomic E-state index is 0.00431. The summed E-state index contributed by atoms with van der Waals surface area (Å²) in [6, 6.07) is 17.6. The number of nitrogens with zero attached hydrogens (tertiary/aromatic N) is 2. The van der Waals surface area contributed by atoms with Gasteiger partial charge in [0.1, 0.15) is 28.4 Å². The fourth-order valence-electron chi connectivity index (χ4n) is 5.70. The van der Waals surface area contributed by atoms with Crippen LogP contribution in [0.4, 0.5) is 18.9 Å². The highest BCUT2D eigenvalue weighted by molar-refractivity contribution is 7.92. The molecule has 0 saturated heterocycles. The van der Waals surface area contributed by atoms with Crippen molar-refractivity contribution in [3.8, 4) is 28.3 Å². The number of primary amides is 1. The Balaban J connectivity index is 1.61. The first-order valence-corrected chi connectivity index (χ1v) is 16.8. The fourth-order valence-corrected chi connectivity index (χ4v) is 6.65. The molecule has 2 aromatic heterocycles. The summed E-state index contributed by atoms with van der Waals surface area (Å²) in [5.74, 6) is -1.39. The second-order valence-corrected chi connectivity index (χ2v) is 13.3. The van der Waals surface area contributed by atoms with Crippen LogP contribution in [0.1, 0.15) is 28.1 Å². The molecule has 254 valence electrons. The lowest BCUT2D eigenvalue weighted by atomic mass is 9.97. The highest BCUT2D eigenvalue weighted by Crippen LogP contribution is 2.43. The molecule has 1 amide bonds. The molecule has 0 spiro atoms. The number of fused-ring (bicyclic) bond motifs is 2. The van der Waals surface area contributed by atoms with Gasteiger partial charge >= 0.3 is 0 Å². The first-order valence-electron chi connectivity index (χ1n) is 15.0. The van der Waals surface area contributed by atoms with Crippen molar-refractivity contribution in [2.75, 3.05) is 30.9 Å². The molecule has 10 nitrogen and oxygen atoms in total. The van der Waals surface area contributed by atoms with Gasteiger partial charge in [0.15, 0.2) is 11.4 Å². The van der Waals surface area contributed by atoms with Gasteiger partial charge in [0.05, 0.1) is 49.5 Å². The largest absolute Gasteiger partial charge is 0.496 e. The number of aliphatic hydroxyl groups excluding tert-OH is 1. The highest BCUT2D eigenvalue weighted by Gasteiger charge is 2.29. The van der Waals surface area contributed by atoms with E-state index in [1.165, 1.54) is 55.6 Å². The van der Waals surface area contributed by atoms with Crippen LogP contribution in [-0.4, -0.2) is 57.1 Å². The number of para-hydroxylation sites is 1. The van der Waals surface area contributed by atoms with Crippen molar-refractivity contribution in [3.05, 3.63) is 101 Å². The molecule has 0 aliphatic carbocycles. The summed E-state index contributed by atoms with van der Waals surface area (Å²) in [5.41, 5.74) is 7.72. The van der Waals surface area contributed by atoms with E-state index in [4.69, 9.17) is 19.3 Å². The number of anilines is 1. The van der Waals surface area contributed by atoms with Gasteiger partial charge in [-0.25, -0.2) is 22.2 Å². The molecule has 0 fully saturated rings. The molecular weight excluding hydrogens is 663 g/mol. The molecule has 2 heterocycles. The molecule has 1 atom stereocenters. The number of benzene rings is 4. The number of sulfonamides is 1. The lowest BCUT2D eigenvalue weighted by Gasteiger charge is -2.27. The number of carbonyl (C=O) groups excluding carboxylic acids is 1. The summed E-state index contributed by atoms with van der Waals surface area (Å²) in [5, 5.41) is 10.8. The third-order valence-electron chi connectivity index (χ3n) is 8.00. The summed E-state index contributed by atoms with van der Waals surface area (Å²) < 4.78 is 86.3. The van der Waals surface area contributed by atoms with Crippen molar-refractivity contribution in [2.24, 2.45) is 5.73 Å². The zero-order chi connectivity index (χ0) is 35.0. The smallest absolute Gasteiger partial charge is 0.252 e. The maximum absolute atomic E-state index is 14.5. The van der Waals surface area contributed by atoms with Crippen LogP contribution in [0.2, 0.25) is 0 Å². The summed E-state index contributed by atoms with van der Waals surface area (Å²) in [6.07, 6.45) is -0.689. The topological polar surface area (TPSA) is 149 Å². The number of nitrogens with two attached hydrogens (primary N) is 1. The van der Waals surface area contributed by atoms with E-state index in [1.807, 2.05) is 0 Å². The van der Waals surface area contributed by atoms with Crippen LogP contribution in [0.5, 0.6) is 5.75 Å². The summed E-state index contributed by atoms with van der Waals surface area (Å²) >= 11 is 0. The lowest BCUT2D eigenvalue weighted by molar-refractivity contribution is 0.1000. The van der Waals surface area contributed by atoms with Crippen LogP contribution in [0, 0.1) is 11.6 Å². The normalized spacial score (nSPS) is 12.4. The van der Waals surface area contributed by atoms with Gasteiger partial charge in [-0.05, 0) is 53.6 Å². The predicted molar refractivity (Wildman–Crippen MR) is 178 cm³/mol. The van der Waals surface area contributed by atoms with Gasteiger partial charge in [0.25, 0.3) is 5.91 Å². The van der Waals surface area contributed by atoms with E-state index < -0.39 is 46.9 Å². The number of carbonyl (C=O) groups is 1. The number of hydrogen-bond donors (Lipinski definition) is 2. The molecule has 1 unspecified atom stereocenters. The fraction of sp³-hybridized carbons (Fsp3) is 0.200. The molecular formula is C35H30F3N3O7S. The number of amides is 1. The number of rotatable bonds is 12. The third kappa shape index (κ3) is 6.69. The van der Waals surface area contributed by atoms with Crippen LogP contribution in [0.3, 0.4) is 0 Å². The van der Waals surface area contributed by atoms with Crippen LogP contribution in [0.15, 0.2) is 81.6 Å². The van der Waals surface area contributed by atoms with Crippen LogP contribution in [0.25, 0.3) is 44.7 Å². The van der Waals surface area contributed by atoms with Gasteiger partial charge in [-0.15, -0.1) is 0 Å². The number of ether oxygens (including phenoxy) is 1. The first-order chi connectivity index (χ1) is 23.4. The monoisotopic (exact) mass is 693 g/mol. The number of oxazole rings is 1. The molecule has 49 heavy (non-hydrogen) atoms. The van der Waals surface area contributed by atoms with E-state index in [9.17, 15) is 31.5 Å². The number of halogens is 3. The van der Waals surface area contributed by atoms with Crippen LogP contribution < -0.4 is 14.8 Å². The molecule has 0 bridgehead atoms. The van der Waals surface area contributed by atoms with Crippen molar-refractivity contribution in [1.82, 2.24) is 4.98 Å². The standard InChI is InChI=1S/C35H30F3N3O7S/c1-46-28-11-8-20(15-25(28)35-40-33-26(38)4-3-5-29(33)48-35)23-16-24-30(17-27(23)41(49(2,44)45)18-22(42)12-13-36)47-31(32(24)34(39)43)14-19-6-9-21(37)10-7-19/h3-11,15-17,22,42H,12-14,18H2,1-2H3,(H2,39,43). The van der Waals surface area contributed by atoms with Gasteiger partial charge in [0.2, 0.25) is 15.9 Å². The molecule has 0 saturated carbocycles. The van der Waals surface area contributed by atoms with Crippen molar-refractivity contribution in [2.45, 2.75) is 18.9 Å². The first kappa shape index (κ1) is 33.6. The van der Waals surface area contributed by atoms with Gasteiger partial charge in [-0.1, -0.05) is 24.3 Å². The van der Waals surface area contributed by atoms with Crippen molar-refractivity contribution in [1.29, 1.82) is 0 Å². The Morgan fingerprint density at radius 2 is 1.78 bits per heavy atom. The SMILES string of the molecule is COc1ccc(-c2cc3c(C(N)=O)c(Cc4ccc(F)cc4)oc3cc2N(CC(O)CCF)S(C)(=O)=O)cc1-c1nc2c(F)cccc2o1. The lowest BCUT2D eigenvalue weighted by Crippen LogP contribution is -2.37. The van der Waals surface area contributed by atoms with E-state index in [2.05, 4.69) is 4.98 Å². The number of methoxy groups -OCH3 is 1. The molecule has 4 aromatic carbocycles. The van der Waals surface area contributed by atoms with Crippen LogP contribution in [-0.2, 0) is 16.4 Å². The van der Waals surface area contributed by atoms with Gasteiger partial charge in [-0.3, -0.25) is 13.5 Å². The molecule has 14 heteroatoms. The maximum atomic E-state index is 14.5. The zero-order valence-corrected chi connectivity index (χ0v) is 27.1. The molecule has 0 aliphatic rings. The number of aromatic nitrogens is 1. The Kier molecular flexibility index (Phi) is 9.10. The number of hydrogen-bond acceptors (Lipinski definition) is 8. The molecule has 0 aliphatic heterocycles. The highest BCUT2D eigenvalue weighted by atomic mass is 32.2. The van der Waals surface area contributed by atoms with Gasteiger partial charge < -0.3 is 24.4 Å². The maximum Gasteiger partial charge on any atom is 0.252 e. The third-order valence-corrected chi connectivity index (χ3v) is 9.15. The van der Waals surface area contributed by atoms with Crippen molar-refractivity contribution >= 4 is 43.7 Å².